The van der Waals surface area contributed by atoms with Gasteiger partial charge in [-0.2, -0.15) is 0 Å². The van der Waals surface area contributed by atoms with Crippen molar-refractivity contribution in [3.8, 4) is 10.8 Å². The molecule has 0 aromatic rings. The van der Waals surface area contributed by atoms with Crippen molar-refractivity contribution in [2.75, 3.05) is 14.1 Å². The monoisotopic (exact) mass is 229 g/mol. The Kier molecular flexibility index (Phi) is 5.49. The van der Waals surface area contributed by atoms with Crippen LogP contribution in [0.2, 0.25) is 15.8 Å². The zero-order valence-electron chi connectivity index (χ0n) is 9.07. The fourth-order valence-electron chi connectivity index (χ4n) is 1.25. The van der Waals surface area contributed by atoms with E-state index in [0.29, 0.717) is 0 Å². The van der Waals surface area contributed by atoms with Crippen LogP contribution in [0.1, 0.15) is 20.8 Å². The van der Waals surface area contributed by atoms with E-state index < -0.39 is 13.3 Å². The SMILES string of the molecule is C[CH2][Ge]([C]#CN(C)C)([CH2]C)[CH2]C. The minimum absolute atomic E-state index is 1.34. The van der Waals surface area contributed by atoms with Crippen molar-refractivity contribution in [3.05, 3.63) is 0 Å². The molecule has 0 rings (SSSR count). The molecule has 0 spiro atoms. The molecule has 2 heteroatoms. The van der Waals surface area contributed by atoms with Crippen LogP contribution in [-0.2, 0) is 0 Å². The molecule has 0 amide bonds. The van der Waals surface area contributed by atoms with E-state index in [-0.39, 0.29) is 0 Å². The normalized spacial score (nSPS) is 10.4. The van der Waals surface area contributed by atoms with Gasteiger partial charge in [-0.1, -0.05) is 0 Å². The first-order valence-corrected chi connectivity index (χ1v) is 10.3. The predicted molar refractivity (Wildman–Crippen MR) is 58.7 cm³/mol. The van der Waals surface area contributed by atoms with Crippen LogP contribution in [0.15, 0.2) is 0 Å². The maximum atomic E-state index is 3.55. The molecule has 0 radical (unpaired) electrons. The first-order chi connectivity index (χ1) is 5.60. The zero-order valence-corrected chi connectivity index (χ0v) is 11.2. The van der Waals surface area contributed by atoms with Gasteiger partial charge >= 0.3 is 79.6 Å². The molecule has 0 aromatic heterocycles. The van der Waals surface area contributed by atoms with Crippen molar-refractivity contribution >= 4 is 13.3 Å². The minimum atomic E-state index is -1.69. The van der Waals surface area contributed by atoms with Gasteiger partial charge in [0.25, 0.3) is 0 Å². The Morgan fingerprint density at radius 3 is 1.67 bits per heavy atom. The second-order valence-corrected chi connectivity index (χ2v) is 13.8. The topological polar surface area (TPSA) is 3.24 Å². The van der Waals surface area contributed by atoms with Gasteiger partial charge in [0.05, 0.1) is 0 Å². The van der Waals surface area contributed by atoms with Crippen molar-refractivity contribution in [2.24, 2.45) is 0 Å². The summed E-state index contributed by atoms with van der Waals surface area (Å²) < 4.78 is 3.55. The van der Waals surface area contributed by atoms with Crippen molar-refractivity contribution in [3.63, 3.8) is 0 Å². The van der Waals surface area contributed by atoms with Crippen LogP contribution >= 0.6 is 0 Å². The molecule has 0 bridgehead atoms. The maximum absolute atomic E-state index is 3.55. The Hall–Kier alpha value is -0.0971. The molecule has 12 heavy (non-hydrogen) atoms. The van der Waals surface area contributed by atoms with E-state index in [1.54, 1.807) is 0 Å². The van der Waals surface area contributed by atoms with E-state index in [1.807, 2.05) is 19.0 Å². The molecule has 0 aliphatic heterocycles. The van der Waals surface area contributed by atoms with Gasteiger partial charge in [0, 0.05) is 0 Å². The average Bonchev–Trinajstić information content (AvgIpc) is 2.08. The summed E-state index contributed by atoms with van der Waals surface area (Å²) >= 11 is -1.69. The Morgan fingerprint density at radius 1 is 1.00 bits per heavy atom. The van der Waals surface area contributed by atoms with Crippen LogP contribution in [0.4, 0.5) is 0 Å². The fourth-order valence-corrected chi connectivity index (χ4v) is 6.47. The third kappa shape index (κ3) is 3.53. The Balaban J connectivity index is 4.43. The van der Waals surface area contributed by atoms with Crippen LogP contribution in [0.25, 0.3) is 0 Å². The molecule has 0 saturated carbocycles. The number of hydrogen-bond donors (Lipinski definition) is 0. The Morgan fingerprint density at radius 2 is 1.42 bits per heavy atom. The predicted octanol–water partition coefficient (Wildman–Crippen LogP) is 2.56. The molecule has 0 aliphatic carbocycles. The number of hydrogen-bond acceptors (Lipinski definition) is 1. The molecule has 1 nitrogen and oxygen atoms in total. The van der Waals surface area contributed by atoms with Crippen molar-refractivity contribution < 1.29 is 0 Å². The summed E-state index contributed by atoms with van der Waals surface area (Å²) in [5.74, 6) is 0. The van der Waals surface area contributed by atoms with Gasteiger partial charge in [-0.15, -0.1) is 0 Å². The number of rotatable bonds is 3. The standard InChI is InChI=1S/C10H21GeN/c1-6-11(7-2,8-3)9-10-12(4)5/h6-8H2,1-5H3. The average molecular weight is 228 g/mol. The van der Waals surface area contributed by atoms with Crippen LogP contribution in [-0.4, -0.2) is 32.3 Å². The molecule has 0 N–H and O–H groups in total. The molecular weight excluding hydrogens is 207 g/mol. The van der Waals surface area contributed by atoms with Gasteiger partial charge in [-0.25, -0.2) is 0 Å². The summed E-state index contributed by atoms with van der Waals surface area (Å²) in [5.41, 5.74) is 0. The first kappa shape index (κ1) is 11.9. The Bertz CT molecular complexity index is 164. The summed E-state index contributed by atoms with van der Waals surface area (Å²) in [6.07, 6.45) is 0. The van der Waals surface area contributed by atoms with Crippen molar-refractivity contribution in [1.82, 2.24) is 4.90 Å². The molecule has 0 heterocycles. The summed E-state index contributed by atoms with van der Waals surface area (Å²) in [6, 6.07) is 3.21. The van der Waals surface area contributed by atoms with Gasteiger partial charge in [0.2, 0.25) is 0 Å². The van der Waals surface area contributed by atoms with E-state index in [2.05, 4.69) is 31.6 Å². The van der Waals surface area contributed by atoms with Gasteiger partial charge in [-0.05, 0) is 0 Å². The molecule has 0 saturated heterocycles. The molecule has 0 atom stereocenters. The van der Waals surface area contributed by atoms with E-state index in [4.69, 9.17) is 0 Å². The van der Waals surface area contributed by atoms with E-state index >= 15 is 0 Å². The van der Waals surface area contributed by atoms with Gasteiger partial charge in [-0.3, -0.25) is 0 Å². The summed E-state index contributed by atoms with van der Waals surface area (Å²) in [5, 5.41) is 4.02. The molecular formula is C10H21GeN. The molecule has 0 unspecified atom stereocenters. The summed E-state index contributed by atoms with van der Waals surface area (Å²) in [7, 11) is 4.03. The number of nitrogens with zero attached hydrogens (tertiary/aromatic N) is 1. The van der Waals surface area contributed by atoms with Gasteiger partial charge in [0.15, 0.2) is 0 Å². The third-order valence-electron chi connectivity index (χ3n) is 2.58. The zero-order chi connectivity index (χ0) is 9.61. The Labute approximate surface area is 79.9 Å². The summed E-state index contributed by atoms with van der Waals surface area (Å²) in [6.45, 7) is 6.91. The molecule has 70 valence electrons. The quantitative estimate of drug-likeness (QED) is 0.407. The van der Waals surface area contributed by atoms with Crippen LogP contribution in [0.5, 0.6) is 0 Å². The van der Waals surface area contributed by atoms with E-state index in [0.717, 1.165) is 0 Å². The van der Waals surface area contributed by atoms with Crippen LogP contribution in [0, 0.1) is 10.8 Å². The fraction of sp³-hybridized carbons (Fsp3) is 0.800. The molecule has 0 fully saturated rings. The molecule has 0 aliphatic rings. The second kappa shape index (κ2) is 5.53. The van der Waals surface area contributed by atoms with E-state index in [9.17, 15) is 0 Å². The van der Waals surface area contributed by atoms with Crippen molar-refractivity contribution in [1.29, 1.82) is 0 Å². The first-order valence-electron chi connectivity index (χ1n) is 4.80. The van der Waals surface area contributed by atoms with Crippen LogP contribution in [0.3, 0.4) is 0 Å². The van der Waals surface area contributed by atoms with Gasteiger partial charge in [0.1, 0.15) is 0 Å². The summed E-state index contributed by atoms with van der Waals surface area (Å²) in [4.78, 5) is 1.97. The van der Waals surface area contributed by atoms with E-state index in [1.165, 1.54) is 15.8 Å². The molecule has 0 aromatic carbocycles. The van der Waals surface area contributed by atoms with Gasteiger partial charge < -0.3 is 0 Å². The third-order valence-corrected chi connectivity index (χ3v) is 12.4. The second-order valence-electron chi connectivity index (χ2n) is 3.47. The van der Waals surface area contributed by atoms with Crippen LogP contribution < -0.4 is 0 Å². The van der Waals surface area contributed by atoms with Crippen molar-refractivity contribution in [2.45, 2.75) is 36.5 Å².